The smallest absolute Gasteiger partial charge is 0.408 e. The van der Waals surface area contributed by atoms with Gasteiger partial charge >= 0.3 is 18.0 Å². The van der Waals surface area contributed by atoms with E-state index in [1.54, 1.807) is 27.7 Å². The van der Waals surface area contributed by atoms with Gasteiger partial charge in [-0.05, 0) is 47.0 Å². The van der Waals surface area contributed by atoms with E-state index in [9.17, 15) is 28.8 Å². The summed E-state index contributed by atoms with van der Waals surface area (Å²) in [7, 11) is 0. The maximum Gasteiger partial charge on any atom is 0.408 e. The molecule has 35 heavy (non-hydrogen) atoms. The number of amides is 4. The van der Waals surface area contributed by atoms with Crippen molar-refractivity contribution in [3.8, 4) is 0 Å². The van der Waals surface area contributed by atoms with Gasteiger partial charge in [0.05, 0.1) is 13.2 Å². The largest absolute Gasteiger partial charge is 0.480 e. The molecule has 5 N–H and O–H groups in total. The average molecular weight is 505 g/mol. The maximum atomic E-state index is 12.2. The van der Waals surface area contributed by atoms with Crippen molar-refractivity contribution in [1.29, 1.82) is 0 Å². The second-order valence-corrected chi connectivity index (χ2v) is 8.24. The van der Waals surface area contributed by atoms with Gasteiger partial charge in [-0.15, -0.1) is 0 Å². The Hall–Kier alpha value is -3.42. The number of alkyl carbamates (subject to hydrolysis) is 1. The van der Waals surface area contributed by atoms with E-state index >= 15 is 0 Å². The SMILES string of the molecule is CCOC(=O)[C@H](CCCCNC(=O)COCC(=O)O)NC(=O)CNC(=O)CNC(=O)OC(C)(C)C. The highest BCUT2D eigenvalue weighted by molar-refractivity contribution is 5.89. The Morgan fingerprint density at radius 1 is 0.857 bits per heavy atom. The molecule has 0 fully saturated rings. The van der Waals surface area contributed by atoms with Crippen LogP contribution in [0.4, 0.5) is 4.79 Å². The van der Waals surface area contributed by atoms with Crippen LogP contribution in [0.2, 0.25) is 0 Å². The molecule has 1 atom stereocenters. The van der Waals surface area contributed by atoms with Gasteiger partial charge in [-0.3, -0.25) is 14.4 Å². The van der Waals surface area contributed by atoms with E-state index in [2.05, 4.69) is 26.0 Å². The van der Waals surface area contributed by atoms with Gasteiger partial charge in [0, 0.05) is 6.54 Å². The number of esters is 1. The lowest BCUT2D eigenvalue weighted by molar-refractivity contribution is -0.147. The molecular formula is C21H36N4O10. The third kappa shape index (κ3) is 18.7. The summed E-state index contributed by atoms with van der Waals surface area (Å²) in [6.07, 6.45) is 0.378. The highest BCUT2D eigenvalue weighted by Gasteiger charge is 2.22. The van der Waals surface area contributed by atoms with E-state index in [0.29, 0.717) is 12.8 Å². The number of ether oxygens (including phenoxy) is 3. The summed E-state index contributed by atoms with van der Waals surface area (Å²) in [6, 6.07) is -0.950. The number of aliphatic carboxylic acids is 1. The van der Waals surface area contributed by atoms with Crippen molar-refractivity contribution in [1.82, 2.24) is 21.3 Å². The van der Waals surface area contributed by atoms with E-state index in [-0.39, 0.29) is 26.2 Å². The second-order valence-electron chi connectivity index (χ2n) is 8.24. The monoisotopic (exact) mass is 504 g/mol. The van der Waals surface area contributed by atoms with Crippen molar-refractivity contribution in [3.63, 3.8) is 0 Å². The van der Waals surface area contributed by atoms with Crippen LogP contribution in [0.15, 0.2) is 0 Å². The first kappa shape index (κ1) is 31.6. The van der Waals surface area contributed by atoms with Gasteiger partial charge in [-0.25, -0.2) is 14.4 Å². The summed E-state index contributed by atoms with van der Waals surface area (Å²) < 4.78 is 14.6. The van der Waals surface area contributed by atoms with Crippen LogP contribution < -0.4 is 21.3 Å². The topological polar surface area (TPSA) is 198 Å². The van der Waals surface area contributed by atoms with E-state index < -0.39 is 67.1 Å². The fourth-order valence-electron chi connectivity index (χ4n) is 2.43. The molecule has 0 saturated heterocycles. The van der Waals surface area contributed by atoms with E-state index in [1.165, 1.54) is 0 Å². The van der Waals surface area contributed by atoms with Gasteiger partial charge in [0.1, 0.15) is 31.4 Å². The summed E-state index contributed by atoms with van der Waals surface area (Å²) in [5.74, 6) is -3.54. The maximum absolute atomic E-state index is 12.2. The van der Waals surface area contributed by atoms with Gasteiger partial charge in [-0.2, -0.15) is 0 Å². The number of carboxylic acid groups (broad SMARTS) is 1. The van der Waals surface area contributed by atoms with Gasteiger partial charge in [0.25, 0.3) is 0 Å². The zero-order chi connectivity index (χ0) is 26.9. The number of hydrogen-bond donors (Lipinski definition) is 5. The molecule has 0 aromatic heterocycles. The van der Waals surface area contributed by atoms with Crippen molar-refractivity contribution < 1.29 is 48.1 Å². The predicted octanol–water partition coefficient (Wildman–Crippen LogP) is -0.937. The van der Waals surface area contributed by atoms with Crippen molar-refractivity contribution in [2.24, 2.45) is 0 Å². The van der Waals surface area contributed by atoms with Crippen molar-refractivity contribution in [3.05, 3.63) is 0 Å². The first-order chi connectivity index (χ1) is 16.3. The minimum Gasteiger partial charge on any atom is -0.480 e. The summed E-state index contributed by atoms with van der Waals surface area (Å²) in [5, 5.41) is 18.1. The molecule has 0 heterocycles. The molecule has 0 unspecified atom stereocenters. The Labute approximate surface area is 203 Å². The van der Waals surface area contributed by atoms with Gasteiger partial charge in [0.2, 0.25) is 17.7 Å². The third-order valence-electron chi connectivity index (χ3n) is 3.85. The van der Waals surface area contributed by atoms with E-state index in [4.69, 9.17) is 14.6 Å². The molecule has 14 nitrogen and oxygen atoms in total. The Morgan fingerprint density at radius 3 is 2.11 bits per heavy atom. The Morgan fingerprint density at radius 2 is 1.51 bits per heavy atom. The van der Waals surface area contributed by atoms with E-state index in [0.717, 1.165) is 0 Å². The Bertz CT molecular complexity index is 736. The number of carboxylic acids is 1. The number of carbonyl (C=O) groups is 6. The molecule has 0 aliphatic carbocycles. The normalized spacial score (nSPS) is 11.5. The lowest BCUT2D eigenvalue weighted by Crippen LogP contribution is -2.47. The lowest BCUT2D eigenvalue weighted by atomic mass is 10.1. The number of carbonyl (C=O) groups excluding carboxylic acids is 5. The van der Waals surface area contributed by atoms with Crippen LogP contribution in [0, 0.1) is 0 Å². The zero-order valence-electron chi connectivity index (χ0n) is 20.6. The Kier molecular flexibility index (Phi) is 15.4. The van der Waals surface area contributed by atoms with Crippen LogP contribution in [0.1, 0.15) is 47.0 Å². The quantitative estimate of drug-likeness (QED) is 0.129. The minimum absolute atomic E-state index is 0.116. The number of hydrogen-bond acceptors (Lipinski definition) is 9. The molecule has 200 valence electrons. The number of nitrogens with one attached hydrogen (secondary N) is 4. The van der Waals surface area contributed by atoms with Crippen LogP contribution in [-0.4, -0.2) is 92.0 Å². The van der Waals surface area contributed by atoms with Crippen LogP contribution >= 0.6 is 0 Å². The summed E-state index contributed by atoms with van der Waals surface area (Å²) in [5.41, 5.74) is -0.718. The van der Waals surface area contributed by atoms with Gasteiger partial charge in [-0.1, -0.05) is 0 Å². The molecule has 0 aromatic carbocycles. The Balaban J connectivity index is 4.34. The molecule has 0 saturated carbocycles. The molecule has 0 radical (unpaired) electrons. The third-order valence-corrected chi connectivity index (χ3v) is 3.85. The van der Waals surface area contributed by atoms with Crippen molar-refractivity contribution in [2.45, 2.75) is 58.6 Å². The highest BCUT2D eigenvalue weighted by Crippen LogP contribution is 2.06. The molecule has 0 spiro atoms. The summed E-state index contributed by atoms with van der Waals surface area (Å²) in [6.45, 7) is 5.25. The van der Waals surface area contributed by atoms with E-state index in [1.807, 2.05) is 0 Å². The van der Waals surface area contributed by atoms with Crippen LogP contribution in [0.5, 0.6) is 0 Å². The lowest BCUT2D eigenvalue weighted by Gasteiger charge is -2.19. The first-order valence-electron chi connectivity index (χ1n) is 11.1. The molecule has 0 aliphatic heterocycles. The number of unbranched alkanes of at least 4 members (excludes halogenated alkanes) is 1. The van der Waals surface area contributed by atoms with Gasteiger partial charge in [0.15, 0.2) is 0 Å². The molecule has 0 aliphatic rings. The predicted molar refractivity (Wildman–Crippen MR) is 121 cm³/mol. The molecule has 0 rings (SSSR count). The minimum atomic E-state index is -1.18. The fraction of sp³-hybridized carbons (Fsp3) is 0.714. The van der Waals surface area contributed by atoms with Crippen LogP contribution in [-0.2, 0) is 38.2 Å². The van der Waals surface area contributed by atoms with Crippen molar-refractivity contribution in [2.75, 3.05) is 39.5 Å². The van der Waals surface area contributed by atoms with Crippen LogP contribution in [0.3, 0.4) is 0 Å². The molecule has 0 bridgehead atoms. The van der Waals surface area contributed by atoms with Crippen LogP contribution in [0.25, 0.3) is 0 Å². The highest BCUT2D eigenvalue weighted by atomic mass is 16.6. The molecule has 14 heteroatoms. The number of rotatable bonds is 16. The molecule has 4 amide bonds. The molecule has 0 aromatic rings. The second kappa shape index (κ2) is 17.1. The first-order valence-corrected chi connectivity index (χ1v) is 11.1. The summed E-state index contributed by atoms with van der Waals surface area (Å²) >= 11 is 0. The zero-order valence-corrected chi connectivity index (χ0v) is 20.6. The fourth-order valence-corrected chi connectivity index (χ4v) is 2.43. The summed E-state index contributed by atoms with van der Waals surface area (Å²) in [4.78, 5) is 69.5. The van der Waals surface area contributed by atoms with Gasteiger partial charge < -0.3 is 40.6 Å². The standard InChI is InChI=1S/C21H36N4O10/c1-5-34-19(31)14(8-6-7-9-22-17(28)12-33-13-18(29)30)25-16(27)11-23-15(26)10-24-20(32)35-21(2,3)4/h14H,5-13H2,1-4H3,(H,22,28)(H,23,26)(H,24,32)(H,25,27)(H,29,30)/t14-/m0/s1. The van der Waals surface area contributed by atoms with Crippen molar-refractivity contribution >= 4 is 35.8 Å². The average Bonchev–Trinajstić information content (AvgIpc) is 2.73. The molecular weight excluding hydrogens is 468 g/mol.